The Morgan fingerprint density at radius 3 is 2.30 bits per heavy atom. The van der Waals surface area contributed by atoms with E-state index in [1.807, 2.05) is 54.6 Å². The van der Waals surface area contributed by atoms with Crippen LogP contribution in [0, 0.1) is 0 Å². The first-order valence-electron chi connectivity index (χ1n) is 9.79. The van der Waals surface area contributed by atoms with Crippen LogP contribution in [0.15, 0.2) is 84.2 Å². The number of amides is 1. The van der Waals surface area contributed by atoms with Crippen LogP contribution >= 0.6 is 22.9 Å². The van der Waals surface area contributed by atoms with E-state index in [1.54, 1.807) is 11.3 Å². The molecule has 0 unspecified atom stereocenters. The van der Waals surface area contributed by atoms with E-state index in [2.05, 4.69) is 35.0 Å². The Kier molecular flexibility index (Phi) is 6.57. The topological polar surface area (TPSA) is 42.0 Å². The summed E-state index contributed by atoms with van der Waals surface area (Å²) in [6.07, 6.45) is 1.16. The third kappa shape index (κ3) is 5.35. The van der Waals surface area contributed by atoms with Crippen molar-refractivity contribution in [2.24, 2.45) is 0 Å². The molecule has 0 atom stereocenters. The normalized spacial score (nSPS) is 10.7. The van der Waals surface area contributed by atoms with Gasteiger partial charge in [-0.15, -0.1) is 11.3 Å². The number of aromatic nitrogens is 1. The summed E-state index contributed by atoms with van der Waals surface area (Å²) in [6, 6.07) is 26.0. The smallest absolute Gasteiger partial charge is 0.220 e. The lowest BCUT2D eigenvalue weighted by atomic mass is 10.1. The second kappa shape index (κ2) is 9.70. The molecule has 0 saturated heterocycles. The molecular weight excluding hydrogens is 412 g/mol. The maximum atomic E-state index is 12.1. The van der Waals surface area contributed by atoms with E-state index in [1.165, 1.54) is 0 Å². The van der Waals surface area contributed by atoms with E-state index in [9.17, 15) is 4.79 Å². The van der Waals surface area contributed by atoms with Crippen LogP contribution in [0.3, 0.4) is 0 Å². The molecule has 0 aliphatic carbocycles. The maximum Gasteiger partial charge on any atom is 0.220 e. The summed E-state index contributed by atoms with van der Waals surface area (Å²) in [4.78, 5) is 16.9. The van der Waals surface area contributed by atoms with Crippen molar-refractivity contribution in [2.45, 2.75) is 19.4 Å². The average molecular weight is 433 g/mol. The first-order valence-corrected chi connectivity index (χ1v) is 11.0. The van der Waals surface area contributed by atoms with Gasteiger partial charge in [-0.1, -0.05) is 78.3 Å². The van der Waals surface area contributed by atoms with Crippen molar-refractivity contribution in [1.82, 2.24) is 10.3 Å². The zero-order valence-corrected chi connectivity index (χ0v) is 17.9. The van der Waals surface area contributed by atoms with Crippen molar-refractivity contribution in [3.05, 3.63) is 100 Å². The van der Waals surface area contributed by atoms with Gasteiger partial charge in [-0.05, 0) is 29.7 Å². The lowest BCUT2D eigenvalue weighted by Gasteiger charge is -2.06. The molecule has 0 aliphatic heterocycles. The van der Waals surface area contributed by atoms with Crippen LogP contribution in [-0.4, -0.2) is 10.9 Å². The van der Waals surface area contributed by atoms with Gasteiger partial charge in [-0.3, -0.25) is 4.79 Å². The summed E-state index contributed by atoms with van der Waals surface area (Å²) in [6.45, 7) is 0.521. The van der Waals surface area contributed by atoms with Gasteiger partial charge in [0.05, 0.1) is 5.69 Å². The number of nitrogens with one attached hydrogen (secondary N) is 1. The molecule has 0 aliphatic rings. The lowest BCUT2D eigenvalue weighted by molar-refractivity contribution is -0.121. The van der Waals surface area contributed by atoms with Crippen molar-refractivity contribution in [1.29, 1.82) is 0 Å². The molecule has 5 heteroatoms. The number of nitrogens with zero attached hydrogens (tertiary/aromatic N) is 1. The van der Waals surface area contributed by atoms with Gasteiger partial charge in [0.15, 0.2) is 0 Å². The second-order valence-electron chi connectivity index (χ2n) is 7.00. The first kappa shape index (κ1) is 20.3. The van der Waals surface area contributed by atoms with Gasteiger partial charge in [0.25, 0.3) is 0 Å². The number of rotatable bonds is 7. The summed E-state index contributed by atoms with van der Waals surface area (Å²) >= 11 is 7.53. The molecule has 0 bridgehead atoms. The van der Waals surface area contributed by atoms with Gasteiger partial charge >= 0.3 is 0 Å². The highest BCUT2D eigenvalue weighted by atomic mass is 35.5. The largest absolute Gasteiger partial charge is 0.352 e. The predicted octanol–water partition coefficient (Wildman–Crippen LogP) is 6.38. The van der Waals surface area contributed by atoms with E-state index in [0.717, 1.165) is 33.0 Å². The van der Waals surface area contributed by atoms with E-state index >= 15 is 0 Å². The molecule has 1 aromatic heterocycles. The molecular formula is C25H21ClN2OS. The molecule has 3 nitrogen and oxygen atoms in total. The van der Waals surface area contributed by atoms with Gasteiger partial charge in [-0.25, -0.2) is 4.98 Å². The Hall–Kier alpha value is -2.95. The minimum Gasteiger partial charge on any atom is -0.352 e. The van der Waals surface area contributed by atoms with Crippen LogP contribution in [0.25, 0.3) is 21.8 Å². The van der Waals surface area contributed by atoms with E-state index in [-0.39, 0.29) is 5.91 Å². The number of thiazole rings is 1. The highest BCUT2D eigenvalue weighted by Gasteiger charge is 2.07. The highest BCUT2D eigenvalue weighted by Crippen LogP contribution is 2.28. The van der Waals surface area contributed by atoms with Crippen LogP contribution < -0.4 is 5.32 Å². The van der Waals surface area contributed by atoms with Gasteiger partial charge in [0.1, 0.15) is 5.01 Å². The van der Waals surface area contributed by atoms with Crippen LogP contribution in [0.1, 0.15) is 17.5 Å². The SMILES string of the molecule is O=C(CCc1ccc(Cl)cc1)NCc1ccc(-c2nc(-c3ccccc3)cs2)cc1. The Bertz CT molecular complexity index is 1110. The lowest BCUT2D eigenvalue weighted by Crippen LogP contribution is -2.22. The Balaban J connectivity index is 1.30. The molecule has 0 fully saturated rings. The molecule has 0 saturated carbocycles. The summed E-state index contributed by atoms with van der Waals surface area (Å²) in [5.41, 5.74) is 5.38. The number of halogens is 1. The molecule has 3 aromatic carbocycles. The molecule has 1 amide bonds. The summed E-state index contributed by atoms with van der Waals surface area (Å²) in [5, 5.41) is 6.77. The third-order valence-corrected chi connectivity index (χ3v) is 5.96. The third-order valence-electron chi connectivity index (χ3n) is 4.82. The van der Waals surface area contributed by atoms with Crippen molar-refractivity contribution >= 4 is 28.8 Å². The maximum absolute atomic E-state index is 12.1. The average Bonchev–Trinajstić information content (AvgIpc) is 3.29. The monoisotopic (exact) mass is 432 g/mol. The fourth-order valence-electron chi connectivity index (χ4n) is 3.11. The van der Waals surface area contributed by atoms with Gasteiger partial charge < -0.3 is 5.32 Å². The number of aryl methyl sites for hydroxylation is 1. The minimum atomic E-state index is 0.0430. The number of carbonyl (C=O) groups is 1. The minimum absolute atomic E-state index is 0.0430. The number of benzene rings is 3. The molecule has 1 heterocycles. The van der Waals surface area contributed by atoms with Gasteiger partial charge in [0, 0.05) is 34.5 Å². The van der Waals surface area contributed by atoms with Crippen molar-refractivity contribution in [3.8, 4) is 21.8 Å². The molecule has 4 aromatic rings. The van der Waals surface area contributed by atoms with E-state index < -0.39 is 0 Å². The van der Waals surface area contributed by atoms with Crippen molar-refractivity contribution in [2.75, 3.05) is 0 Å². The first-order chi connectivity index (χ1) is 14.7. The quantitative estimate of drug-likeness (QED) is 0.368. The van der Waals surface area contributed by atoms with Gasteiger partial charge in [-0.2, -0.15) is 0 Å². The number of hydrogen-bond acceptors (Lipinski definition) is 3. The zero-order chi connectivity index (χ0) is 20.8. The zero-order valence-electron chi connectivity index (χ0n) is 16.3. The molecule has 30 heavy (non-hydrogen) atoms. The number of carbonyl (C=O) groups excluding carboxylic acids is 1. The summed E-state index contributed by atoms with van der Waals surface area (Å²) in [5.74, 6) is 0.0430. The molecule has 4 rings (SSSR count). The van der Waals surface area contributed by atoms with E-state index in [0.29, 0.717) is 24.4 Å². The number of hydrogen-bond donors (Lipinski definition) is 1. The Morgan fingerprint density at radius 1 is 0.867 bits per heavy atom. The molecule has 1 N–H and O–H groups in total. The fraction of sp³-hybridized carbons (Fsp3) is 0.120. The van der Waals surface area contributed by atoms with Crippen LogP contribution in [-0.2, 0) is 17.8 Å². The van der Waals surface area contributed by atoms with Gasteiger partial charge in [0.2, 0.25) is 5.91 Å². The summed E-state index contributed by atoms with van der Waals surface area (Å²) in [7, 11) is 0. The fourth-order valence-corrected chi connectivity index (χ4v) is 4.07. The van der Waals surface area contributed by atoms with Crippen LogP contribution in [0.2, 0.25) is 5.02 Å². The van der Waals surface area contributed by atoms with Crippen LogP contribution in [0.4, 0.5) is 0 Å². The Morgan fingerprint density at radius 2 is 1.57 bits per heavy atom. The molecule has 150 valence electrons. The Labute approximate surface area is 185 Å². The standard InChI is InChI=1S/C25H21ClN2OS/c26-22-13-8-18(9-14-22)10-15-24(29)27-16-19-6-11-21(12-7-19)25-28-23(17-30-25)20-4-2-1-3-5-20/h1-9,11-14,17H,10,15-16H2,(H,27,29). The van der Waals surface area contributed by atoms with E-state index in [4.69, 9.17) is 16.6 Å². The van der Waals surface area contributed by atoms with Crippen LogP contribution in [0.5, 0.6) is 0 Å². The highest BCUT2D eigenvalue weighted by molar-refractivity contribution is 7.13. The molecule has 0 spiro atoms. The summed E-state index contributed by atoms with van der Waals surface area (Å²) < 4.78 is 0. The predicted molar refractivity (Wildman–Crippen MR) is 125 cm³/mol. The van der Waals surface area contributed by atoms with Crippen molar-refractivity contribution < 1.29 is 4.79 Å². The molecule has 0 radical (unpaired) electrons. The second-order valence-corrected chi connectivity index (χ2v) is 8.30. The van der Waals surface area contributed by atoms with Crippen molar-refractivity contribution in [3.63, 3.8) is 0 Å².